The Hall–Kier alpha value is -1.28. The summed E-state index contributed by atoms with van der Waals surface area (Å²) in [5.74, 6) is 0.392. The zero-order chi connectivity index (χ0) is 17.8. The fourth-order valence-corrected chi connectivity index (χ4v) is 3.76. The normalized spacial score (nSPS) is 22.3. The van der Waals surface area contributed by atoms with Crippen LogP contribution in [0.4, 0.5) is 13.2 Å². The van der Waals surface area contributed by atoms with Gasteiger partial charge in [0.15, 0.2) is 0 Å². The number of benzene rings is 1. The average Bonchev–Trinajstić information content (AvgIpc) is 2.53. The smallest absolute Gasteiger partial charge is 0.416 e. The van der Waals surface area contributed by atoms with Crippen LogP contribution in [0.25, 0.3) is 0 Å². The molecule has 2 rings (SSSR count). The van der Waals surface area contributed by atoms with Crippen molar-refractivity contribution >= 4 is 10.0 Å². The largest absolute Gasteiger partial charge is 0.493 e. The third-order valence-corrected chi connectivity index (χ3v) is 5.69. The lowest BCUT2D eigenvalue weighted by atomic mass is 9.86. The quantitative estimate of drug-likeness (QED) is 0.838. The SMILES string of the molecule is CCS(=O)(=O)N[C@@H]1CCCC[C@H]1COc1ccc(C(F)(F)F)cc1. The third kappa shape index (κ3) is 5.37. The molecule has 1 saturated carbocycles. The monoisotopic (exact) mass is 365 g/mol. The second-order valence-electron chi connectivity index (χ2n) is 6.01. The lowest BCUT2D eigenvalue weighted by Gasteiger charge is -2.31. The zero-order valence-corrected chi connectivity index (χ0v) is 14.3. The van der Waals surface area contributed by atoms with Crippen LogP contribution in [-0.4, -0.2) is 26.8 Å². The van der Waals surface area contributed by atoms with Crippen molar-refractivity contribution in [3.63, 3.8) is 0 Å². The van der Waals surface area contributed by atoms with E-state index in [0.29, 0.717) is 5.75 Å². The van der Waals surface area contributed by atoms with Crippen LogP contribution in [0.15, 0.2) is 24.3 Å². The fraction of sp³-hybridized carbons (Fsp3) is 0.625. The van der Waals surface area contributed by atoms with Gasteiger partial charge in [0.05, 0.1) is 17.9 Å². The molecular weight excluding hydrogens is 343 g/mol. The molecule has 0 unspecified atom stereocenters. The van der Waals surface area contributed by atoms with Gasteiger partial charge in [0.25, 0.3) is 0 Å². The summed E-state index contributed by atoms with van der Waals surface area (Å²) in [6.45, 7) is 1.86. The number of halogens is 3. The number of nitrogens with one attached hydrogen (secondary N) is 1. The highest BCUT2D eigenvalue weighted by Gasteiger charge is 2.31. The van der Waals surface area contributed by atoms with E-state index in [1.807, 2.05) is 0 Å². The lowest BCUT2D eigenvalue weighted by Crippen LogP contribution is -2.44. The summed E-state index contributed by atoms with van der Waals surface area (Å²) in [7, 11) is -3.29. The molecular formula is C16H22F3NO3S. The highest BCUT2D eigenvalue weighted by atomic mass is 32.2. The van der Waals surface area contributed by atoms with Crippen LogP contribution in [0.5, 0.6) is 5.75 Å². The summed E-state index contributed by atoms with van der Waals surface area (Å²) in [5.41, 5.74) is -0.721. The maximum Gasteiger partial charge on any atom is 0.416 e. The number of alkyl halides is 3. The van der Waals surface area contributed by atoms with Crippen molar-refractivity contribution in [3.05, 3.63) is 29.8 Å². The van der Waals surface area contributed by atoms with Crippen LogP contribution in [0.3, 0.4) is 0 Å². The van der Waals surface area contributed by atoms with Crippen molar-refractivity contribution in [2.45, 2.75) is 44.8 Å². The van der Waals surface area contributed by atoms with Gasteiger partial charge in [-0.15, -0.1) is 0 Å². The highest BCUT2D eigenvalue weighted by molar-refractivity contribution is 7.89. The summed E-state index contributed by atoms with van der Waals surface area (Å²) < 4.78 is 69.4. The Balaban J connectivity index is 1.96. The van der Waals surface area contributed by atoms with Gasteiger partial charge in [-0.05, 0) is 44.0 Å². The van der Waals surface area contributed by atoms with E-state index < -0.39 is 21.8 Å². The van der Waals surface area contributed by atoms with E-state index in [2.05, 4.69) is 4.72 Å². The van der Waals surface area contributed by atoms with Gasteiger partial charge in [-0.3, -0.25) is 0 Å². The van der Waals surface area contributed by atoms with Gasteiger partial charge in [0.2, 0.25) is 10.0 Å². The molecule has 4 nitrogen and oxygen atoms in total. The molecule has 0 radical (unpaired) electrons. The number of hydrogen-bond acceptors (Lipinski definition) is 3. The van der Waals surface area contributed by atoms with Crippen molar-refractivity contribution in [2.24, 2.45) is 5.92 Å². The van der Waals surface area contributed by atoms with E-state index in [1.54, 1.807) is 6.92 Å². The molecule has 1 aromatic rings. The van der Waals surface area contributed by atoms with E-state index in [0.717, 1.165) is 37.8 Å². The number of sulfonamides is 1. The van der Waals surface area contributed by atoms with Gasteiger partial charge in [-0.2, -0.15) is 13.2 Å². The van der Waals surface area contributed by atoms with Crippen LogP contribution < -0.4 is 9.46 Å². The Labute approximate surface area is 140 Å². The highest BCUT2D eigenvalue weighted by Crippen LogP contribution is 2.31. The van der Waals surface area contributed by atoms with E-state index >= 15 is 0 Å². The van der Waals surface area contributed by atoms with Crippen LogP contribution in [0.1, 0.15) is 38.2 Å². The van der Waals surface area contributed by atoms with Crippen LogP contribution in [0.2, 0.25) is 0 Å². The Morgan fingerprint density at radius 3 is 2.38 bits per heavy atom. The summed E-state index contributed by atoms with van der Waals surface area (Å²) in [4.78, 5) is 0. The first kappa shape index (κ1) is 19.1. The maximum absolute atomic E-state index is 12.5. The first-order valence-electron chi connectivity index (χ1n) is 8.01. The molecule has 24 heavy (non-hydrogen) atoms. The van der Waals surface area contributed by atoms with Gasteiger partial charge >= 0.3 is 6.18 Å². The molecule has 2 atom stereocenters. The number of hydrogen-bond donors (Lipinski definition) is 1. The van der Waals surface area contributed by atoms with Gasteiger partial charge in [-0.25, -0.2) is 13.1 Å². The summed E-state index contributed by atoms with van der Waals surface area (Å²) in [6.07, 6.45) is -0.845. The minimum absolute atomic E-state index is 0.0161. The zero-order valence-electron chi connectivity index (χ0n) is 13.5. The van der Waals surface area contributed by atoms with Gasteiger partial charge in [0, 0.05) is 12.0 Å². The third-order valence-electron chi connectivity index (χ3n) is 4.27. The van der Waals surface area contributed by atoms with Crippen LogP contribution in [-0.2, 0) is 16.2 Å². The van der Waals surface area contributed by atoms with E-state index in [-0.39, 0.29) is 24.3 Å². The fourth-order valence-electron chi connectivity index (χ4n) is 2.82. The molecule has 8 heteroatoms. The second kappa shape index (κ2) is 7.74. The Bertz CT molecular complexity index is 629. The maximum atomic E-state index is 12.5. The summed E-state index contributed by atoms with van der Waals surface area (Å²) >= 11 is 0. The molecule has 1 N–H and O–H groups in total. The van der Waals surface area contributed by atoms with Crippen molar-refractivity contribution in [1.29, 1.82) is 0 Å². The molecule has 0 aliphatic heterocycles. The second-order valence-corrected chi connectivity index (χ2v) is 8.05. The van der Waals surface area contributed by atoms with Crippen molar-refractivity contribution in [3.8, 4) is 5.75 Å². The first-order valence-corrected chi connectivity index (χ1v) is 9.66. The van der Waals surface area contributed by atoms with Crippen LogP contribution in [0, 0.1) is 5.92 Å². The standard InChI is InChI=1S/C16H22F3NO3S/c1-2-24(21,22)20-15-6-4-3-5-12(15)11-23-14-9-7-13(8-10-14)16(17,18)19/h7-10,12,15,20H,2-6,11H2,1H3/t12-,15+/m0/s1. The molecule has 1 aliphatic rings. The summed E-state index contributed by atoms with van der Waals surface area (Å²) in [5, 5.41) is 0. The molecule has 1 fully saturated rings. The Morgan fingerprint density at radius 2 is 1.79 bits per heavy atom. The van der Waals surface area contributed by atoms with Gasteiger partial charge in [0.1, 0.15) is 5.75 Å². The average molecular weight is 365 g/mol. The molecule has 0 heterocycles. The van der Waals surface area contributed by atoms with Gasteiger partial charge < -0.3 is 4.74 Å². The molecule has 0 saturated heterocycles. The molecule has 1 aliphatic carbocycles. The molecule has 0 bridgehead atoms. The molecule has 1 aromatic carbocycles. The van der Waals surface area contributed by atoms with Crippen molar-refractivity contribution < 1.29 is 26.3 Å². The predicted octanol–water partition coefficient (Wildman–Crippen LogP) is 3.58. The van der Waals surface area contributed by atoms with Crippen molar-refractivity contribution in [2.75, 3.05) is 12.4 Å². The molecule has 136 valence electrons. The lowest BCUT2D eigenvalue weighted by molar-refractivity contribution is -0.137. The number of rotatable bonds is 6. The minimum atomic E-state index is -4.37. The minimum Gasteiger partial charge on any atom is -0.493 e. The molecule has 0 spiro atoms. The van der Waals surface area contributed by atoms with E-state index in [1.165, 1.54) is 12.1 Å². The van der Waals surface area contributed by atoms with E-state index in [9.17, 15) is 21.6 Å². The summed E-state index contributed by atoms with van der Waals surface area (Å²) in [6, 6.07) is 4.35. The topological polar surface area (TPSA) is 55.4 Å². The molecule has 0 aromatic heterocycles. The van der Waals surface area contributed by atoms with Crippen molar-refractivity contribution in [1.82, 2.24) is 4.72 Å². The first-order chi connectivity index (χ1) is 11.2. The van der Waals surface area contributed by atoms with Crippen LogP contribution >= 0.6 is 0 Å². The predicted molar refractivity (Wildman–Crippen MR) is 85.3 cm³/mol. The Morgan fingerprint density at radius 1 is 1.17 bits per heavy atom. The number of ether oxygens (including phenoxy) is 1. The van der Waals surface area contributed by atoms with Gasteiger partial charge in [-0.1, -0.05) is 12.8 Å². The van der Waals surface area contributed by atoms with E-state index in [4.69, 9.17) is 4.74 Å². The Kier molecular flexibility index (Phi) is 6.14. The molecule has 0 amide bonds.